The van der Waals surface area contributed by atoms with E-state index >= 15 is 0 Å². The predicted molar refractivity (Wildman–Crippen MR) is 72.4 cm³/mol. The van der Waals surface area contributed by atoms with Gasteiger partial charge in [-0.1, -0.05) is 17.3 Å². The lowest BCUT2D eigenvalue weighted by Gasteiger charge is -2.14. The molecule has 0 fully saturated rings. The first-order valence-electron chi connectivity index (χ1n) is 6.27. The van der Waals surface area contributed by atoms with Gasteiger partial charge in [-0.05, 0) is 38.5 Å². The molecule has 2 rings (SSSR count). The topological polar surface area (TPSA) is 61.9 Å². The van der Waals surface area contributed by atoms with E-state index in [1.807, 2.05) is 38.1 Å². The van der Waals surface area contributed by atoms with Crippen molar-refractivity contribution in [2.45, 2.75) is 33.4 Å². The molecule has 2 aromatic rings. The number of benzene rings is 1. The molecular weight excluding hydrogens is 238 g/mol. The Morgan fingerprint density at radius 2 is 2.21 bits per heavy atom. The monoisotopic (exact) mass is 255 g/mol. The summed E-state index contributed by atoms with van der Waals surface area (Å²) in [6.45, 7) is 6.64. The Morgan fingerprint density at radius 3 is 2.84 bits per heavy atom. The van der Waals surface area contributed by atoms with Crippen LogP contribution in [0, 0.1) is 25.2 Å². The van der Waals surface area contributed by atoms with Crippen LogP contribution in [0.3, 0.4) is 0 Å². The van der Waals surface area contributed by atoms with E-state index < -0.39 is 0 Å². The van der Waals surface area contributed by atoms with E-state index in [4.69, 9.17) is 9.78 Å². The molecular formula is C15H17N3O. The fourth-order valence-electron chi connectivity index (χ4n) is 2.00. The maximum absolute atomic E-state index is 8.91. The van der Waals surface area contributed by atoms with E-state index in [0.717, 1.165) is 22.6 Å². The van der Waals surface area contributed by atoms with Gasteiger partial charge in [0, 0.05) is 18.2 Å². The summed E-state index contributed by atoms with van der Waals surface area (Å²) in [5, 5.41) is 16.3. The van der Waals surface area contributed by atoms with Crippen molar-refractivity contribution in [1.29, 1.82) is 5.26 Å². The highest BCUT2D eigenvalue weighted by Gasteiger charge is 2.11. The second-order valence-electron chi connectivity index (χ2n) is 4.64. The van der Waals surface area contributed by atoms with Crippen LogP contribution in [0.2, 0.25) is 0 Å². The lowest BCUT2D eigenvalue weighted by atomic mass is 10.1. The maximum atomic E-state index is 8.91. The molecule has 0 aliphatic heterocycles. The lowest BCUT2D eigenvalue weighted by molar-refractivity contribution is 0.391. The van der Waals surface area contributed by atoms with E-state index in [-0.39, 0.29) is 6.04 Å². The molecule has 0 saturated carbocycles. The average Bonchev–Trinajstić information content (AvgIpc) is 2.75. The molecule has 4 heteroatoms. The number of hydrogen-bond donors (Lipinski definition) is 1. The number of rotatable bonds is 4. The van der Waals surface area contributed by atoms with Crippen LogP contribution in [0.1, 0.15) is 41.1 Å². The summed E-state index contributed by atoms with van der Waals surface area (Å²) in [6, 6.07) is 9.97. The number of nitrogens with one attached hydrogen (secondary N) is 1. The summed E-state index contributed by atoms with van der Waals surface area (Å²) >= 11 is 0. The van der Waals surface area contributed by atoms with Crippen molar-refractivity contribution in [3.8, 4) is 6.07 Å². The Labute approximate surface area is 113 Å². The number of nitriles is 1. The normalized spacial score (nSPS) is 12.1. The molecule has 0 radical (unpaired) electrons. The highest BCUT2D eigenvalue weighted by Crippen LogP contribution is 2.17. The minimum atomic E-state index is 0.169. The van der Waals surface area contributed by atoms with Crippen LogP contribution in [0.15, 0.2) is 28.8 Å². The van der Waals surface area contributed by atoms with E-state index in [9.17, 15) is 0 Å². The third-order valence-electron chi connectivity index (χ3n) is 3.28. The van der Waals surface area contributed by atoms with Crippen molar-refractivity contribution in [2.24, 2.45) is 0 Å². The van der Waals surface area contributed by atoms with Gasteiger partial charge in [0.05, 0.1) is 17.3 Å². The zero-order valence-corrected chi connectivity index (χ0v) is 11.4. The average molecular weight is 255 g/mol. The Morgan fingerprint density at radius 1 is 1.42 bits per heavy atom. The smallest absolute Gasteiger partial charge is 0.138 e. The van der Waals surface area contributed by atoms with Crippen LogP contribution in [0.25, 0.3) is 0 Å². The fourth-order valence-corrected chi connectivity index (χ4v) is 2.00. The van der Waals surface area contributed by atoms with E-state index in [1.165, 1.54) is 0 Å². The number of nitrogens with zero attached hydrogens (tertiary/aromatic N) is 2. The third kappa shape index (κ3) is 3.01. The molecule has 0 saturated heterocycles. The van der Waals surface area contributed by atoms with Crippen LogP contribution in [0.4, 0.5) is 0 Å². The first kappa shape index (κ1) is 13.3. The maximum Gasteiger partial charge on any atom is 0.138 e. The Balaban J connectivity index is 2.05. The molecule has 0 spiro atoms. The first-order valence-corrected chi connectivity index (χ1v) is 6.27. The van der Waals surface area contributed by atoms with Gasteiger partial charge in [0.1, 0.15) is 5.76 Å². The molecule has 19 heavy (non-hydrogen) atoms. The molecule has 0 bridgehead atoms. The minimum Gasteiger partial charge on any atom is -0.361 e. The molecule has 1 aromatic carbocycles. The summed E-state index contributed by atoms with van der Waals surface area (Å²) in [4.78, 5) is 0. The lowest BCUT2D eigenvalue weighted by Crippen LogP contribution is -2.18. The third-order valence-corrected chi connectivity index (χ3v) is 3.28. The van der Waals surface area contributed by atoms with Crippen molar-refractivity contribution < 1.29 is 4.52 Å². The predicted octanol–water partition coefficient (Wildman–Crippen LogP) is 3.01. The van der Waals surface area contributed by atoms with Crippen LogP contribution < -0.4 is 5.32 Å². The molecule has 98 valence electrons. The van der Waals surface area contributed by atoms with Crippen molar-refractivity contribution in [2.75, 3.05) is 0 Å². The van der Waals surface area contributed by atoms with Gasteiger partial charge in [-0.25, -0.2) is 0 Å². The van der Waals surface area contributed by atoms with Crippen molar-refractivity contribution in [3.63, 3.8) is 0 Å². The largest absolute Gasteiger partial charge is 0.361 e. The Bertz CT molecular complexity index is 591. The molecule has 1 heterocycles. The minimum absolute atomic E-state index is 0.169. The van der Waals surface area contributed by atoms with E-state index in [2.05, 4.69) is 23.5 Å². The summed E-state index contributed by atoms with van der Waals surface area (Å²) in [5.74, 6) is 0.850. The standard InChI is InChI=1S/C15H17N3O/c1-10(14-6-4-5-13(7-14)8-16)17-9-15-11(2)18-19-12(15)3/h4-7,10,17H,9H2,1-3H3. The number of aryl methyl sites for hydroxylation is 2. The SMILES string of the molecule is Cc1noc(C)c1CNC(C)c1cccc(C#N)c1. The molecule has 0 aliphatic rings. The summed E-state index contributed by atoms with van der Waals surface area (Å²) < 4.78 is 5.14. The first-order chi connectivity index (χ1) is 9.11. The summed E-state index contributed by atoms with van der Waals surface area (Å²) in [5.41, 5.74) is 3.81. The molecule has 1 unspecified atom stereocenters. The number of hydrogen-bond acceptors (Lipinski definition) is 4. The van der Waals surface area contributed by atoms with Gasteiger partial charge in [-0.3, -0.25) is 0 Å². The van der Waals surface area contributed by atoms with Gasteiger partial charge in [-0.2, -0.15) is 5.26 Å². The van der Waals surface area contributed by atoms with Crippen LogP contribution in [-0.4, -0.2) is 5.16 Å². The highest BCUT2D eigenvalue weighted by atomic mass is 16.5. The zero-order valence-electron chi connectivity index (χ0n) is 11.4. The van der Waals surface area contributed by atoms with E-state index in [0.29, 0.717) is 12.1 Å². The number of aromatic nitrogens is 1. The van der Waals surface area contributed by atoms with Gasteiger partial charge in [0.25, 0.3) is 0 Å². The molecule has 1 aromatic heterocycles. The Kier molecular flexibility index (Phi) is 3.98. The van der Waals surface area contributed by atoms with Crippen molar-refractivity contribution in [1.82, 2.24) is 10.5 Å². The molecule has 4 nitrogen and oxygen atoms in total. The molecule has 1 atom stereocenters. The molecule has 0 aliphatic carbocycles. The second kappa shape index (κ2) is 5.68. The van der Waals surface area contributed by atoms with Crippen molar-refractivity contribution >= 4 is 0 Å². The summed E-state index contributed by atoms with van der Waals surface area (Å²) in [7, 11) is 0. The highest BCUT2D eigenvalue weighted by molar-refractivity contribution is 5.34. The van der Waals surface area contributed by atoms with Crippen LogP contribution in [-0.2, 0) is 6.54 Å². The zero-order chi connectivity index (χ0) is 13.8. The van der Waals surface area contributed by atoms with Gasteiger partial charge in [0.15, 0.2) is 0 Å². The van der Waals surface area contributed by atoms with Gasteiger partial charge >= 0.3 is 0 Å². The van der Waals surface area contributed by atoms with Gasteiger partial charge in [-0.15, -0.1) is 0 Å². The van der Waals surface area contributed by atoms with Gasteiger partial charge in [0.2, 0.25) is 0 Å². The fraction of sp³-hybridized carbons (Fsp3) is 0.333. The quantitative estimate of drug-likeness (QED) is 0.912. The van der Waals surface area contributed by atoms with Crippen molar-refractivity contribution in [3.05, 3.63) is 52.4 Å². The Hall–Kier alpha value is -2.12. The summed E-state index contributed by atoms with van der Waals surface area (Å²) in [6.07, 6.45) is 0. The van der Waals surface area contributed by atoms with Crippen LogP contribution >= 0.6 is 0 Å². The molecule has 1 N–H and O–H groups in total. The van der Waals surface area contributed by atoms with Gasteiger partial charge < -0.3 is 9.84 Å². The van der Waals surface area contributed by atoms with Crippen LogP contribution in [0.5, 0.6) is 0 Å². The second-order valence-corrected chi connectivity index (χ2v) is 4.64. The van der Waals surface area contributed by atoms with E-state index in [1.54, 1.807) is 0 Å². The molecule has 0 amide bonds.